The average molecular weight is 385 g/mol. The Bertz CT molecular complexity index is 1100. The van der Waals surface area contributed by atoms with Gasteiger partial charge in [0, 0.05) is 0 Å². The Morgan fingerprint density at radius 3 is 1.17 bits per heavy atom. The van der Waals surface area contributed by atoms with E-state index in [1.807, 2.05) is 66.7 Å². The van der Waals surface area contributed by atoms with Gasteiger partial charge in [0.25, 0.3) is 0 Å². The summed E-state index contributed by atoms with van der Waals surface area (Å²) in [5.41, 5.74) is 5.36. The van der Waals surface area contributed by atoms with Crippen molar-refractivity contribution in [2.45, 2.75) is 0 Å². The molecule has 0 fully saturated rings. The molecule has 0 unspecified atom stereocenters. The monoisotopic (exact) mass is 385 g/mol. The zero-order valence-electron chi connectivity index (χ0n) is 16.3. The van der Waals surface area contributed by atoms with Gasteiger partial charge in [0.05, 0.1) is 11.6 Å². The predicted molar refractivity (Wildman–Crippen MR) is 120 cm³/mol. The molecule has 4 aromatic carbocycles. The van der Waals surface area contributed by atoms with Crippen LogP contribution in [0.3, 0.4) is 0 Å². The largest absolute Gasteiger partial charge is 0.192 e. The van der Waals surface area contributed by atoms with E-state index in [-0.39, 0.29) is 0 Å². The van der Waals surface area contributed by atoms with Crippen molar-refractivity contribution < 1.29 is 0 Å². The molecule has 0 aliphatic carbocycles. The number of benzene rings is 4. The van der Waals surface area contributed by atoms with Gasteiger partial charge < -0.3 is 0 Å². The van der Waals surface area contributed by atoms with E-state index in [0.29, 0.717) is 0 Å². The first-order valence-corrected chi connectivity index (χ1v) is 9.23. The van der Waals surface area contributed by atoms with Gasteiger partial charge in [-0.05, 0) is 28.3 Å². The number of rotatable bonds is 2. The highest BCUT2D eigenvalue weighted by Crippen LogP contribution is 2.22. The molecule has 0 aromatic heterocycles. The quantitative estimate of drug-likeness (QED) is 0.389. The third kappa shape index (κ3) is 6.82. The molecule has 0 amide bonds. The number of nitrogens with zero attached hydrogens (tertiary/aromatic N) is 3. The third-order valence-corrected chi connectivity index (χ3v) is 4.06. The van der Waals surface area contributed by atoms with Gasteiger partial charge in [-0.15, -0.1) is 0 Å². The van der Waals surface area contributed by atoms with Crippen molar-refractivity contribution in [2.24, 2.45) is 0 Å². The molecular formula is C27H19N3. The maximum atomic E-state index is 8.93. The van der Waals surface area contributed by atoms with Gasteiger partial charge in [-0.3, -0.25) is 0 Å². The van der Waals surface area contributed by atoms with Crippen molar-refractivity contribution in [3.63, 3.8) is 0 Å². The molecule has 4 aromatic rings. The lowest BCUT2D eigenvalue weighted by atomic mass is 10.0. The Balaban J connectivity index is 0.000000183. The second-order valence-electron chi connectivity index (χ2n) is 5.98. The van der Waals surface area contributed by atoms with Crippen LogP contribution in [0.5, 0.6) is 0 Å². The maximum Gasteiger partial charge on any atom is 0.181 e. The molecule has 0 radical (unpaired) electrons. The minimum Gasteiger partial charge on any atom is -0.192 e. The molecule has 4 rings (SSSR count). The van der Waals surface area contributed by atoms with Crippen LogP contribution in [-0.2, 0) is 0 Å². The highest BCUT2D eigenvalue weighted by atomic mass is 14.3. The maximum absolute atomic E-state index is 8.93. The minimum absolute atomic E-state index is 0.721. The normalized spacial score (nSPS) is 8.57. The lowest BCUT2D eigenvalue weighted by molar-refractivity contribution is 1.48. The molecule has 0 saturated carbocycles. The van der Waals surface area contributed by atoms with Crippen LogP contribution in [0.1, 0.15) is 5.56 Å². The molecule has 3 nitrogen and oxygen atoms in total. The summed E-state index contributed by atoms with van der Waals surface area (Å²) >= 11 is 0. The van der Waals surface area contributed by atoms with E-state index < -0.39 is 0 Å². The van der Waals surface area contributed by atoms with Crippen LogP contribution in [0.4, 0.5) is 0 Å². The summed E-state index contributed by atoms with van der Waals surface area (Å²) in [6.07, 6.45) is 0. The van der Waals surface area contributed by atoms with Crippen molar-refractivity contribution in [1.82, 2.24) is 0 Å². The number of hydrogen-bond donors (Lipinski definition) is 0. The number of nitriles is 3. The summed E-state index contributed by atoms with van der Waals surface area (Å²) in [4.78, 5) is 0. The van der Waals surface area contributed by atoms with Gasteiger partial charge in [-0.2, -0.15) is 15.8 Å². The second-order valence-corrected chi connectivity index (χ2v) is 5.98. The van der Waals surface area contributed by atoms with Crippen molar-refractivity contribution in [3.05, 3.63) is 121 Å². The zero-order valence-corrected chi connectivity index (χ0v) is 16.3. The van der Waals surface area contributed by atoms with Crippen LogP contribution < -0.4 is 0 Å². The molecule has 0 atom stereocenters. The fourth-order valence-corrected chi connectivity index (χ4v) is 2.71. The van der Waals surface area contributed by atoms with Crippen LogP contribution in [-0.4, -0.2) is 0 Å². The molecule has 0 aliphatic rings. The van der Waals surface area contributed by atoms with E-state index in [0.717, 1.165) is 16.7 Å². The van der Waals surface area contributed by atoms with E-state index in [9.17, 15) is 0 Å². The van der Waals surface area contributed by atoms with E-state index in [1.54, 1.807) is 0 Å². The first kappa shape index (κ1) is 21.6. The molecule has 0 aliphatic heterocycles. The standard InChI is InChI=1S/C13H9N.C12H10.C2N2/c14-10-12-8-4-5-9-13(12)11-6-2-1-3-7-11;1-3-7-11(8-4-1)12-9-5-2-6-10-12;3-1-2-4/h1-9H;1-10H;. The van der Waals surface area contributed by atoms with Crippen LogP contribution in [0.15, 0.2) is 115 Å². The Labute approximate surface area is 177 Å². The van der Waals surface area contributed by atoms with Crippen LogP contribution in [0.25, 0.3) is 22.3 Å². The highest BCUT2D eigenvalue weighted by Gasteiger charge is 2.01. The second kappa shape index (κ2) is 12.7. The summed E-state index contributed by atoms with van der Waals surface area (Å²) in [7, 11) is 0. The van der Waals surface area contributed by atoms with Crippen molar-refractivity contribution in [2.75, 3.05) is 0 Å². The van der Waals surface area contributed by atoms with E-state index in [4.69, 9.17) is 15.8 Å². The average Bonchev–Trinajstić information content (AvgIpc) is 2.86. The SMILES string of the molecule is N#CC#N.N#Cc1ccccc1-c1ccccc1.c1ccc(-c2ccccc2)cc1. The molecule has 0 spiro atoms. The highest BCUT2D eigenvalue weighted by molar-refractivity contribution is 5.70. The Morgan fingerprint density at radius 2 is 0.767 bits per heavy atom. The fourth-order valence-electron chi connectivity index (χ4n) is 2.71. The van der Waals surface area contributed by atoms with Gasteiger partial charge in [0.15, 0.2) is 12.1 Å². The smallest absolute Gasteiger partial charge is 0.181 e. The van der Waals surface area contributed by atoms with Crippen LogP contribution in [0, 0.1) is 34.0 Å². The Morgan fingerprint density at radius 1 is 0.400 bits per heavy atom. The topological polar surface area (TPSA) is 71.4 Å². The molecule has 0 bridgehead atoms. The van der Waals surface area contributed by atoms with E-state index in [2.05, 4.69) is 54.6 Å². The van der Waals surface area contributed by atoms with E-state index in [1.165, 1.54) is 23.3 Å². The molecule has 0 N–H and O–H groups in total. The summed E-state index contributed by atoms with van der Waals surface area (Å²) < 4.78 is 0. The zero-order chi connectivity index (χ0) is 21.4. The molecule has 3 heteroatoms. The first-order chi connectivity index (χ1) is 14.8. The van der Waals surface area contributed by atoms with Crippen molar-refractivity contribution in [1.29, 1.82) is 15.8 Å². The van der Waals surface area contributed by atoms with Gasteiger partial charge in [-0.25, -0.2) is 0 Å². The first-order valence-electron chi connectivity index (χ1n) is 9.23. The third-order valence-electron chi connectivity index (χ3n) is 4.06. The summed E-state index contributed by atoms with van der Waals surface area (Å²) in [5.74, 6) is 0. The predicted octanol–water partition coefficient (Wildman–Crippen LogP) is 6.61. The van der Waals surface area contributed by atoms with E-state index >= 15 is 0 Å². The van der Waals surface area contributed by atoms with Crippen LogP contribution >= 0.6 is 0 Å². The Kier molecular flexibility index (Phi) is 9.15. The van der Waals surface area contributed by atoms with Gasteiger partial charge in [0.1, 0.15) is 0 Å². The van der Waals surface area contributed by atoms with Gasteiger partial charge in [-0.1, -0.05) is 109 Å². The lowest BCUT2D eigenvalue weighted by Crippen LogP contribution is -1.82. The fraction of sp³-hybridized carbons (Fsp3) is 0. The summed E-state index contributed by atoms with van der Waals surface area (Å²) in [6.45, 7) is 0. The van der Waals surface area contributed by atoms with Crippen LogP contribution in [0.2, 0.25) is 0 Å². The summed E-state index contributed by atoms with van der Waals surface area (Å²) in [6, 6.07) is 43.0. The molecule has 0 saturated heterocycles. The number of hydrogen-bond acceptors (Lipinski definition) is 3. The Hall–Kier alpha value is -4.65. The molecule has 0 heterocycles. The molecule has 142 valence electrons. The van der Waals surface area contributed by atoms with Crippen molar-refractivity contribution >= 4 is 0 Å². The van der Waals surface area contributed by atoms with Crippen molar-refractivity contribution in [3.8, 4) is 40.5 Å². The van der Waals surface area contributed by atoms with Gasteiger partial charge >= 0.3 is 0 Å². The molecular weight excluding hydrogens is 366 g/mol. The molecule has 30 heavy (non-hydrogen) atoms. The lowest BCUT2D eigenvalue weighted by Gasteiger charge is -2.02. The van der Waals surface area contributed by atoms with Gasteiger partial charge in [0.2, 0.25) is 0 Å². The summed E-state index contributed by atoms with van der Waals surface area (Å²) in [5, 5.41) is 23.5. The minimum atomic E-state index is 0.721.